The van der Waals surface area contributed by atoms with Crippen LogP contribution in [0.4, 0.5) is 8.78 Å². The maximum atomic E-state index is 13.6. The number of benzene rings is 2. The Morgan fingerprint density at radius 2 is 1.85 bits per heavy atom. The van der Waals surface area contributed by atoms with Crippen LogP contribution in [-0.4, -0.2) is 6.54 Å². The third kappa shape index (κ3) is 3.68. The molecule has 20 heavy (non-hydrogen) atoms. The van der Waals surface area contributed by atoms with Crippen molar-refractivity contribution in [2.24, 2.45) is 0 Å². The molecule has 0 bridgehead atoms. The Balaban J connectivity index is 2.27. The zero-order chi connectivity index (χ0) is 14.5. The Kier molecular flexibility index (Phi) is 4.93. The molecule has 1 N–H and O–H groups in total. The van der Waals surface area contributed by atoms with Gasteiger partial charge in [0.2, 0.25) is 0 Å². The molecule has 0 amide bonds. The summed E-state index contributed by atoms with van der Waals surface area (Å²) >= 11 is 5.94. The quantitative estimate of drug-likeness (QED) is 0.876. The van der Waals surface area contributed by atoms with Crippen LogP contribution < -0.4 is 10.1 Å². The van der Waals surface area contributed by atoms with Crippen molar-refractivity contribution in [3.63, 3.8) is 0 Å². The van der Waals surface area contributed by atoms with Gasteiger partial charge in [-0.3, -0.25) is 0 Å². The summed E-state index contributed by atoms with van der Waals surface area (Å²) in [5.74, 6) is -0.916. The second-order valence-corrected chi connectivity index (χ2v) is 4.65. The van der Waals surface area contributed by atoms with Crippen molar-refractivity contribution in [1.29, 1.82) is 0 Å². The minimum Gasteiger partial charge on any atom is -0.454 e. The van der Waals surface area contributed by atoms with Crippen molar-refractivity contribution in [2.45, 2.75) is 13.5 Å². The summed E-state index contributed by atoms with van der Waals surface area (Å²) in [6.45, 7) is 3.32. The topological polar surface area (TPSA) is 21.3 Å². The van der Waals surface area contributed by atoms with Gasteiger partial charge < -0.3 is 10.1 Å². The Hall–Kier alpha value is -1.65. The van der Waals surface area contributed by atoms with Crippen LogP contribution in [0.15, 0.2) is 36.4 Å². The highest BCUT2D eigenvalue weighted by atomic mass is 35.5. The van der Waals surface area contributed by atoms with Crippen LogP contribution >= 0.6 is 11.6 Å². The molecule has 0 fully saturated rings. The summed E-state index contributed by atoms with van der Waals surface area (Å²) in [5.41, 5.74) is 0.808. The van der Waals surface area contributed by atoms with Gasteiger partial charge in [-0.2, -0.15) is 0 Å². The fourth-order valence-electron chi connectivity index (χ4n) is 1.72. The third-order valence-corrected chi connectivity index (χ3v) is 2.94. The molecule has 0 saturated heterocycles. The number of rotatable bonds is 5. The maximum absolute atomic E-state index is 13.6. The summed E-state index contributed by atoms with van der Waals surface area (Å²) in [7, 11) is 0. The summed E-state index contributed by atoms with van der Waals surface area (Å²) in [6, 6.07) is 8.27. The average Bonchev–Trinajstić information content (AvgIpc) is 2.41. The standard InChI is InChI=1S/C15H14ClF2NO/c1-2-19-9-10-7-11(16)3-5-14(10)20-15-6-4-12(17)8-13(15)18/h3-8,19H,2,9H2,1H3. The van der Waals surface area contributed by atoms with Gasteiger partial charge in [-0.05, 0) is 36.9 Å². The highest BCUT2D eigenvalue weighted by Gasteiger charge is 2.10. The third-order valence-electron chi connectivity index (χ3n) is 2.70. The highest BCUT2D eigenvalue weighted by Crippen LogP contribution is 2.29. The molecule has 5 heteroatoms. The van der Waals surface area contributed by atoms with E-state index in [0.29, 0.717) is 17.3 Å². The average molecular weight is 298 g/mol. The minimum absolute atomic E-state index is 0.0218. The molecule has 0 atom stereocenters. The van der Waals surface area contributed by atoms with Crippen molar-refractivity contribution in [3.8, 4) is 11.5 Å². The SMILES string of the molecule is CCNCc1cc(Cl)ccc1Oc1ccc(F)cc1F. The van der Waals surface area contributed by atoms with Crippen LogP contribution in [0, 0.1) is 11.6 Å². The van der Waals surface area contributed by atoms with Gasteiger partial charge in [-0.15, -0.1) is 0 Å². The molecule has 2 aromatic carbocycles. The lowest BCUT2D eigenvalue weighted by molar-refractivity contribution is 0.432. The summed E-state index contributed by atoms with van der Waals surface area (Å²) in [5, 5.41) is 3.72. The van der Waals surface area contributed by atoms with Crippen molar-refractivity contribution in [3.05, 3.63) is 58.6 Å². The predicted molar refractivity (Wildman–Crippen MR) is 75.3 cm³/mol. The van der Waals surface area contributed by atoms with Gasteiger partial charge in [-0.1, -0.05) is 18.5 Å². The summed E-state index contributed by atoms with van der Waals surface area (Å²) in [4.78, 5) is 0. The molecule has 0 saturated carbocycles. The monoisotopic (exact) mass is 297 g/mol. The number of halogens is 3. The Morgan fingerprint density at radius 3 is 2.55 bits per heavy atom. The van der Waals surface area contributed by atoms with Gasteiger partial charge in [0.25, 0.3) is 0 Å². The van der Waals surface area contributed by atoms with Crippen molar-refractivity contribution >= 4 is 11.6 Å². The lowest BCUT2D eigenvalue weighted by Crippen LogP contribution is -2.12. The van der Waals surface area contributed by atoms with E-state index in [0.717, 1.165) is 24.2 Å². The van der Waals surface area contributed by atoms with Crippen molar-refractivity contribution in [2.75, 3.05) is 6.54 Å². The van der Waals surface area contributed by atoms with Gasteiger partial charge in [0.1, 0.15) is 11.6 Å². The van der Waals surface area contributed by atoms with Crippen LogP contribution in [0.1, 0.15) is 12.5 Å². The molecule has 0 radical (unpaired) electrons. The van der Waals surface area contributed by atoms with Crippen LogP contribution in [0.3, 0.4) is 0 Å². The lowest BCUT2D eigenvalue weighted by atomic mass is 10.2. The molecular weight excluding hydrogens is 284 g/mol. The molecule has 0 aromatic heterocycles. The molecular formula is C15H14ClF2NO. The van der Waals surface area contributed by atoms with Crippen molar-refractivity contribution < 1.29 is 13.5 Å². The Morgan fingerprint density at radius 1 is 1.10 bits per heavy atom. The first-order valence-electron chi connectivity index (χ1n) is 6.22. The fraction of sp³-hybridized carbons (Fsp3) is 0.200. The van der Waals surface area contributed by atoms with E-state index >= 15 is 0 Å². The molecule has 0 heterocycles. The summed E-state index contributed by atoms with van der Waals surface area (Å²) in [6.07, 6.45) is 0. The number of ether oxygens (including phenoxy) is 1. The molecule has 0 unspecified atom stereocenters. The molecule has 2 aromatic rings. The normalized spacial score (nSPS) is 10.6. The first-order chi connectivity index (χ1) is 9.60. The second-order valence-electron chi connectivity index (χ2n) is 4.21. The fourth-order valence-corrected chi connectivity index (χ4v) is 1.92. The predicted octanol–water partition coefficient (Wildman–Crippen LogP) is 4.52. The van der Waals surface area contributed by atoms with E-state index in [1.54, 1.807) is 18.2 Å². The van der Waals surface area contributed by atoms with Gasteiger partial charge in [-0.25, -0.2) is 8.78 Å². The molecule has 2 rings (SSSR count). The largest absolute Gasteiger partial charge is 0.454 e. The molecule has 0 aliphatic rings. The van der Waals surface area contributed by atoms with Crippen LogP contribution in [0.5, 0.6) is 11.5 Å². The number of hydrogen-bond donors (Lipinski definition) is 1. The van der Waals surface area contributed by atoms with E-state index in [-0.39, 0.29) is 5.75 Å². The van der Waals surface area contributed by atoms with E-state index in [9.17, 15) is 8.78 Å². The van der Waals surface area contributed by atoms with E-state index in [2.05, 4.69) is 5.32 Å². The number of hydrogen-bond acceptors (Lipinski definition) is 2. The minimum atomic E-state index is -0.741. The Labute approximate surface area is 121 Å². The van der Waals surface area contributed by atoms with Gasteiger partial charge in [0.15, 0.2) is 11.6 Å². The molecule has 2 nitrogen and oxygen atoms in total. The lowest BCUT2D eigenvalue weighted by Gasteiger charge is -2.12. The van der Waals surface area contributed by atoms with Gasteiger partial charge in [0, 0.05) is 23.2 Å². The van der Waals surface area contributed by atoms with E-state index in [1.165, 1.54) is 6.07 Å². The second kappa shape index (κ2) is 6.68. The molecule has 0 spiro atoms. The highest BCUT2D eigenvalue weighted by molar-refractivity contribution is 6.30. The van der Waals surface area contributed by atoms with Gasteiger partial charge in [0.05, 0.1) is 0 Å². The van der Waals surface area contributed by atoms with Crippen LogP contribution in [0.25, 0.3) is 0 Å². The molecule has 0 aliphatic heterocycles. The van der Waals surface area contributed by atoms with E-state index in [1.807, 2.05) is 6.92 Å². The first kappa shape index (κ1) is 14.8. The number of nitrogens with one attached hydrogen (secondary N) is 1. The van der Waals surface area contributed by atoms with Crippen LogP contribution in [0.2, 0.25) is 5.02 Å². The Bertz CT molecular complexity index is 604. The van der Waals surface area contributed by atoms with Crippen molar-refractivity contribution in [1.82, 2.24) is 5.32 Å². The molecule has 106 valence electrons. The van der Waals surface area contributed by atoms with Crippen LogP contribution in [-0.2, 0) is 6.54 Å². The first-order valence-corrected chi connectivity index (χ1v) is 6.60. The zero-order valence-corrected chi connectivity index (χ0v) is 11.7. The van der Waals surface area contributed by atoms with E-state index < -0.39 is 11.6 Å². The van der Waals surface area contributed by atoms with E-state index in [4.69, 9.17) is 16.3 Å². The van der Waals surface area contributed by atoms with Gasteiger partial charge >= 0.3 is 0 Å². The zero-order valence-electron chi connectivity index (χ0n) is 10.9. The maximum Gasteiger partial charge on any atom is 0.168 e. The smallest absolute Gasteiger partial charge is 0.168 e. The molecule has 0 aliphatic carbocycles. The summed E-state index contributed by atoms with van der Waals surface area (Å²) < 4.78 is 32.0.